The van der Waals surface area contributed by atoms with Gasteiger partial charge in [0.05, 0.1) is 17.5 Å². The Bertz CT molecular complexity index is 1920. The zero-order valence-corrected chi connectivity index (χ0v) is 29.0. The van der Waals surface area contributed by atoms with E-state index in [4.69, 9.17) is 37.6 Å². The molecule has 4 aromatic rings. The van der Waals surface area contributed by atoms with Crippen LogP contribution in [-0.2, 0) is 11.2 Å². The van der Waals surface area contributed by atoms with Crippen molar-refractivity contribution in [2.75, 3.05) is 69.8 Å². The van der Waals surface area contributed by atoms with Crippen LogP contribution in [-0.4, -0.2) is 104 Å². The number of fused-ring (bicyclic) bond motifs is 4. The predicted molar refractivity (Wildman–Crippen MR) is 191 cm³/mol. The number of amides is 1. The average Bonchev–Trinajstić information content (AvgIpc) is 3.02. The lowest BCUT2D eigenvalue weighted by atomic mass is 9.89. The minimum atomic E-state index is -0.626. The second kappa shape index (κ2) is 12.6. The molecule has 0 aliphatic carbocycles. The van der Waals surface area contributed by atoms with Crippen LogP contribution in [0.2, 0.25) is 5.02 Å². The van der Waals surface area contributed by atoms with Crippen molar-refractivity contribution in [3.8, 4) is 16.9 Å². The Morgan fingerprint density at radius 1 is 1.06 bits per heavy atom. The van der Waals surface area contributed by atoms with Crippen LogP contribution in [0.25, 0.3) is 37.6 Å². The number of likely N-dealkylation sites (N-methyl/N-ethyl adjacent to an activating group) is 1. The molecule has 1 aromatic heterocycles. The Kier molecular flexibility index (Phi) is 8.46. The fourth-order valence-electron chi connectivity index (χ4n) is 7.05. The number of halogens is 1. The molecule has 3 aliphatic rings. The first-order chi connectivity index (χ1) is 23.0. The first-order valence-electron chi connectivity index (χ1n) is 16.7. The summed E-state index contributed by atoms with van der Waals surface area (Å²) < 4.78 is 12.3. The maximum Gasteiger partial charge on any atom is 0.410 e. The summed E-state index contributed by atoms with van der Waals surface area (Å²) in [6, 6.07) is 14.6. The lowest BCUT2D eigenvalue weighted by molar-refractivity contribution is 0.0156. The quantitative estimate of drug-likeness (QED) is 0.223. The molecule has 2 fully saturated rings. The highest BCUT2D eigenvalue weighted by Crippen LogP contribution is 2.46. The summed E-state index contributed by atoms with van der Waals surface area (Å²) in [5, 5.41) is 3.68. The van der Waals surface area contributed by atoms with Crippen LogP contribution < -0.4 is 14.5 Å². The zero-order chi connectivity index (χ0) is 33.7. The Balaban J connectivity index is 1.38. The van der Waals surface area contributed by atoms with E-state index in [2.05, 4.69) is 64.0 Å². The third-order valence-corrected chi connectivity index (χ3v) is 9.88. The van der Waals surface area contributed by atoms with Gasteiger partial charge in [-0.3, -0.25) is 4.90 Å². The summed E-state index contributed by atoms with van der Waals surface area (Å²) in [4.78, 5) is 35.8. The molecule has 0 saturated carbocycles. The molecular weight excluding hydrogens is 626 g/mol. The number of hydrogen-bond acceptors (Lipinski definition) is 8. The van der Waals surface area contributed by atoms with E-state index in [1.165, 1.54) is 0 Å². The molecular formula is C37H42ClN7O3. The second-order valence-electron chi connectivity index (χ2n) is 14.2. The van der Waals surface area contributed by atoms with Crippen molar-refractivity contribution in [2.45, 2.75) is 51.3 Å². The van der Waals surface area contributed by atoms with E-state index >= 15 is 0 Å². The van der Waals surface area contributed by atoms with Crippen LogP contribution in [0, 0.1) is 6.57 Å². The molecule has 2 saturated heterocycles. The van der Waals surface area contributed by atoms with Crippen molar-refractivity contribution in [1.29, 1.82) is 0 Å². The SMILES string of the molecule is [C-]#[N+]C[C@H]1CN(c2nc(N3CC(N(C)C)C3)nc3cc(-c4cccc5cccc(Cl)c45)c4c(c23)OCCC4)CCN1C(=O)OC(C)(C)C. The molecule has 3 aromatic carbocycles. The van der Waals surface area contributed by atoms with Crippen molar-refractivity contribution in [3.05, 3.63) is 64.5 Å². The van der Waals surface area contributed by atoms with Gasteiger partial charge in [-0.15, -0.1) is 0 Å². The topological polar surface area (TPSA) is 78.6 Å². The highest BCUT2D eigenvalue weighted by atomic mass is 35.5. The molecule has 0 bridgehead atoms. The van der Waals surface area contributed by atoms with Crippen molar-refractivity contribution in [3.63, 3.8) is 0 Å². The monoisotopic (exact) mass is 667 g/mol. The molecule has 7 rings (SSSR count). The van der Waals surface area contributed by atoms with Gasteiger partial charge in [-0.1, -0.05) is 41.9 Å². The minimum absolute atomic E-state index is 0.169. The third-order valence-electron chi connectivity index (χ3n) is 9.56. The Labute approximate surface area is 287 Å². The maximum atomic E-state index is 13.2. The normalized spacial score (nSPS) is 18.5. The number of carbonyl (C=O) groups excluding carboxylic acids is 1. The first-order valence-corrected chi connectivity index (χ1v) is 17.1. The summed E-state index contributed by atoms with van der Waals surface area (Å²) in [5.74, 6) is 2.26. The highest BCUT2D eigenvalue weighted by molar-refractivity contribution is 6.36. The summed E-state index contributed by atoms with van der Waals surface area (Å²) in [6.07, 6.45) is 1.37. The van der Waals surface area contributed by atoms with Gasteiger partial charge in [0.2, 0.25) is 12.5 Å². The molecule has 3 aliphatic heterocycles. The maximum absolute atomic E-state index is 13.2. The van der Waals surface area contributed by atoms with E-state index in [1.807, 2.05) is 32.9 Å². The van der Waals surface area contributed by atoms with Crippen molar-refractivity contribution in [2.24, 2.45) is 0 Å². The fourth-order valence-corrected chi connectivity index (χ4v) is 7.33. The van der Waals surface area contributed by atoms with Crippen molar-refractivity contribution < 1.29 is 14.3 Å². The number of aromatic nitrogens is 2. The molecule has 0 N–H and O–H groups in total. The van der Waals surface area contributed by atoms with Gasteiger partial charge in [0.15, 0.2) is 0 Å². The number of carbonyl (C=O) groups is 1. The summed E-state index contributed by atoms with van der Waals surface area (Å²) in [5.41, 5.74) is 3.43. The van der Waals surface area contributed by atoms with Crippen LogP contribution in [0.4, 0.5) is 16.6 Å². The van der Waals surface area contributed by atoms with Crippen molar-refractivity contribution in [1.82, 2.24) is 19.8 Å². The van der Waals surface area contributed by atoms with Gasteiger partial charge >= 0.3 is 6.09 Å². The Morgan fingerprint density at radius 2 is 1.83 bits per heavy atom. The van der Waals surface area contributed by atoms with E-state index < -0.39 is 11.7 Å². The molecule has 0 spiro atoms. The van der Waals surface area contributed by atoms with E-state index in [0.29, 0.717) is 43.3 Å². The Hall–Kier alpha value is -4.33. The van der Waals surface area contributed by atoms with Crippen LogP contribution in [0.3, 0.4) is 0 Å². The van der Waals surface area contributed by atoms with E-state index in [-0.39, 0.29) is 12.6 Å². The van der Waals surface area contributed by atoms with E-state index in [9.17, 15) is 4.79 Å². The van der Waals surface area contributed by atoms with Crippen LogP contribution in [0.5, 0.6) is 5.75 Å². The highest BCUT2D eigenvalue weighted by Gasteiger charge is 2.38. The van der Waals surface area contributed by atoms with Crippen LogP contribution in [0.15, 0.2) is 42.5 Å². The lowest BCUT2D eigenvalue weighted by Crippen LogP contribution is -2.58. The summed E-state index contributed by atoms with van der Waals surface area (Å²) in [7, 11) is 4.20. The predicted octanol–water partition coefficient (Wildman–Crippen LogP) is 6.52. The van der Waals surface area contributed by atoms with Crippen molar-refractivity contribution >= 4 is 51.1 Å². The van der Waals surface area contributed by atoms with Gasteiger partial charge in [-0.2, -0.15) is 4.98 Å². The largest absolute Gasteiger partial charge is 0.492 e. The van der Waals surface area contributed by atoms with Gasteiger partial charge in [0.1, 0.15) is 23.2 Å². The van der Waals surface area contributed by atoms with Crippen LogP contribution >= 0.6 is 11.6 Å². The smallest absolute Gasteiger partial charge is 0.410 e. The van der Waals surface area contributed by atoms with Crippen LogP contribution in [0.1, 0.15) is 32.8 Å². The van der Waals surface area contributed by atoms with Gasteiger partial charge in [0.25, 0.3) is 0 Å². The molecule has 48 heavy (non-hydrogen) atoms. The lowest BCUT2D eigenvalue weighted by Gasteiger charge is -2.44. The average molecular weight is 668 g/mol. The number of rotatable bonds is 5. The molecule has 1 atom stereocenters. The second-order valence-corrected chi connectivity index (χ2v) is 14.6. The number of hydrogen-bond donors (Lipinski definition) is 0. The standard InChI is InChI=1S/C37H42ClN7O3/c1-37(2,3)48-36(46)45-16-15-43(20-24(45)19-39-4)34-32-30(40-35(41-34)44-21-25(22-44)42(5)6)18-28(27-13-9-17-47-33(27)32)26-12-7-10-23-11-8-14-29(38)31(23)26/h7-8,10-12,14,18,24-25H,9,13,15-17,19-22H2,1-3,5-6H3/t24-/m0/s1. The van der Waals surface area contributed by atoms with E-state index in [0.717, 1.165) is 75.9 Å². The fraction of sp³-hybridized carbons (Fsp3) is 0.459. The molecule has 0 radical (unpaired) electrons. The molecule has 1 amide bonds. The first kappa shape index (κ1) is 32.2. The molecule has 10 nitrogen and oxygen atoms in total. The number of benzene rings is 3. The third kappa shape index (κ3) is 5.95. The minimum Gasteiger partial charge on any atom is -0.492 e. The number of anilines is 2. The number of piperazine rings is 1. The van der Waals surface area contributed by atoms with Gasteiger partial charge < -0.3 is 29.0 Å². The molecule has 250 valence electrons. The van der Waals surface area contributed by atoms with Gasteiger partial charge in [-0.05, 0) is 76.4 Å². The number of nitrogens with zero attached hydrogens (tertiary/aromatic N) is 7. The van der Waals surface area contributed by atoms with E-state index in [1.54, 1.807) is 4.90 Å². The zero-order valence-electron chi connectivity index (χ0n) is 28.3. The molecule has 11 heteroatoms. The Morgan fingerprint density at radius 3 is 2.56 bits per heavy atom. The summed E-state index contributed by atoms with van der Waals surface area (Å²) >= 11 is 6.85. The molecule has 4 heterocycles. The van der Waals surface area contributed by atoms with Gasteiger partial charge in [-0.25, -0.2) is 16.4 Å². The van der Waals surface area contributed by atoms with Gasteiger partial charge in [0, 0.05) is 54.7 Å². The number of ether oxygens (including phenoxy) is 2. The summed E-state index contributed by atoms with van der Waals surface area (Å²) in [6.45, 7) is 17.1. The molecule has 0 unspecified atom stereocenters.